The number of aromatic nitrogens is 1. The highest BCUT2D eigenvalue weighted by Crippen LogP contribution is 2.36. The number of nitrogens with zero attached hydrogens (tertiary/aromatic N) is 3. The number of hydrogen-bond acceptors (Lipinski definition) is 4. The maximum Gasteiger partial charge on any atom is 0.235 e. The van der Waals surface area contributed by atoms with E-state index in [2.05, 4.69) is 36.0 Å². The number of hydrogen-bond donors (Lipinski definition) is 1. The van der Waals surface area contributed by atoms with Gasteiger partial charge in [0.15, 0.2) is 0 Å². The van der Waals surface area contributed by atoms with E-state index in [1.165, 1.54) is 5.56 Å². The van der Waals surface area contributed by atoms with Crippen LogP contribution in [0, 0.1) is 17.3 Å². The molecular weight excluding hydrogens is 316 g/mol. The summed E-state index contributed by atoms with van der Waals surface area (Å²) in [4.78, 5) is 33.5. The summed E-state index contributed by atoms with van der Waals surface area (Å²) in [5.74, 6) is -0.586. The summed E-state index contributed by atoms with van der Waals surface area (Å²) in [6, 6.07) is 4.04. The highest BCUT2D eigenvalue weighted by atomic mass is 16.2. The molecule has 0 saturated carbocycles. The molecule has 0 bridgehead atoms. The van der Waals surface area contributed by atoms with E-state index in [-0.39, 0.29) is 23.1 Å². The van der Waals surface area contributed by atoms with Gasteiger partial charge in [0.05, 0.1) is 0 Å². The van der Waals surface area contributed by atoms with Crippen molar-refractivity contribution in [1.29, 1.82) is 0 Å². The molecular formula is C19H28N4O2. The SMILES string of the molecule is CC(C)(C)[C@H]1CNC(=O)[C@@H]1C(=O)N1CCN(Cc2ccncc2)CC1. The Bertz CT molecular complexity index is 618. The minimum absolute atomic E-state index is 0.00140. The Hall–Kier alpha value is -1.95. The van der Waals surface area contributed by atoms with Crippen LogP contribution in [0.25, 0.3) is 0 Å². The maximum atomic E-state index is 13.0. The second kappa shape index (κ2) is 7.12. The molecule has 2 atom stereocenters. The zero-order chi connectivity index (χ0) is 18.0. The molecule has 0 spiro atoms. The van der Waals surface area contributed by atoms with E-state index in [1.807, 2.05) is 17.0 Å². The van der Waals surface area contributed by atoms with Crippen molar-refractivity contribution in [3.8, 4) is 0 Å². The van der Waals surface area contributed by atoms with Crippen LogP contribution in [0.2, 0.25) is 0 Å². The van der Waals surface area contributed by atoms with Crippen LogP contribution in [-0.4, -0.2) is 59.3 Å². The Kier molecular flexibility index (Phi) is 5.08. The molecule has 2 fully saturated rings. The van der Waals surface area contributed by atoms with Crippen LogP contribution in [-0.2, 0) is 16.1 Å². The molecule has 1 aromatic rings. The second-order valence-corrected chi connectivity index (χ2v) is 8.15. The Labute approximate surface area is 149 Å². The van der Waals surface area contributed by atoms with Crippen molar-refractivity contribution >= 4 is 11.8 Å². The Morgan fingerprint density at radius 2 is 1.84 bits per heavy atom. The van der Waals surface area contributed by atoms with Crippen LogP contribution in [0.15, 0.2) is 24.5 Å². The average Bonchev–Trinajstić information content (AvgIpc) is 2.98. The average molecular weight is 344 g/mol. The minimum Gasteiger partial charge on any atom is -0.355 e. The van der Waals surface area contributed by atoms with Crippen LogP contribution in [0.3, 0.4) is 0 Å². The van der Waals surface area contributed by atoms with Gasteiger partial charge in [0.1, 0.15) is 5.92 Å². The molecule has 6 nitrogen and oxygen atoms in total. The number of carbonyl (C=O) groups is 2. The van der Waals surface area contributed by atoms with Gasteiger partial charge in [0, 0.05) is 57.6 Å². The lowest BCUT2D eigenvalue weighted by molar-refractivity contribution is -0.144. The minimum atomic E-state index is -0.535. The fraction of sp³-hybridized carbons (Fsp3) is 0.632. The van der Waals surface area contributed by atoms with Crippen LogP contribution >= 0.6 is 0 Å². The van der Waals surface area contributed by atoms with Gasteiger partial charge in [-0.2, -0.15) is 0 Å². The zero-order valence-corrected chi connectivity index (χ0v) is 15.4. The lowest BCUT2D eigenvalue weighted by Crippen LogP contribution is -2.52. The van der Waals surface area contributed by atoms with Crippen molar-refractivity contribution in [3.05, 3.63) is 30.1 Å². The van der Waals surface area contributed by atoms with Crippen molar-refractivity contribution < 1.29 is 9.59 Å². The number of amides is 2. The Morgan fingerprint density at radius 1 is 1.20 bits per heavy atom. The van der Waals surface area contributed by atoms with E-state index >= 15 is 0 Å². The molecule has 0 aromatic carbocycles. The highest BCUT2D eigenvalue weighted by Gasteiger charge is 2.47. The van der Waals surface area contributed by atoms with Gasteiger partial charge in [-0.3, -0.25) is 19.5 Å². The molecule has 0 aliphatic carbocycles. The third kappa shape index (κ3) is 4.00. The molecule has 3 rings (SSSR count). The first-order valence-corrected chi connectivity index (χ1v) is 9.04. The molecule has 136 valence electrons. The highest BCUT2D eigenvalue weighted by molar-refractivity contribution is 6.02. The number of rotatable bonds is 3. The standard InChI is InChI=1S/C19H28N4O2/c1-19(2,3)15-12-21-17(24)16(15)18(25)23-10-8-22(9-11-23)13-14-4-6-20-7-5-14/h4-7,15-16H,8-13H2,1-3H3,(H,21,24)/t15-,16+/m0/s1. The van der Waals surface area contributed by atoms with Gasteiger partial charge in [-0.25, -0.2) is 0 Å². The quantitative estimate of drug-likeness (QED) is 0.835. The molecule has 1 aromatic heterocycles. The normalized spacial score (nSPS) is 25.1. The smallest absolute Gasteiger partial charge is 0.235 e. The first-order valence-electron chi connectivity index (χ1n) is 9.04. The third-order valence-electron chi connectivity index (χ3n) is 5.40. The number of pyridine rings is 1. The van der Waals surface area contributed by atoms with E-state index in [0.717, 1.165) is 19.6 Å². The van der Waals surface area contributed by atoms with Gasteiger partial charge in [-0.05, 0) is 23.1 Å². The van der Waals surface area contributed by atoms with Gasteiger partial charge in [0.25, 0.3) is 0 Å². The van der Waals surface area contributed by atoms with Crippen LogP contribution < -0.4 is 5.32 Å². The third-order valence-corrected chi connectivity index (χ3v) is 5.40. The first kappa shape index (κ1) is 17.9. The van der Waals surface area contributed by atoms with Crippen molar-refractivity contribution in [1.82, 2.24) is 20.1 Å². The molecule has 2 amide bonds. The Morgan fingerprint density at radius 3 is 2.44 bits per heavy atom. The summed E-state index contributed by atoms with van der Waals surface area (Å²) in [5, 5.41) is 2.88. The molecule has 6 heteroatoms. The molecule has 3 heterocycles. The lowest BCUT2D eigenvalue weighted by atomic mass is 9.74. The summed E-state index contributed by atoms with van der Waals surface area (Å²) in [6.07, 6.45) is 3.61. The van der Waals surface area contributed by atoms with E-state index in [1.54, 1.807) is 12.4 Å². The van der Waals surface area contributed by atoms with Gasteiger partial charge >= 0.3 is 0 Å². The number of piperazine rings is 1. The summed E-state index contributed by atoms with van der Waals surface area (Å²) in [7, 11) is 0. The Balaban J connectivity index is 1.58. The topological polar surface area (TPSA) is 65.5 Å². The summed E-state index contributed by atoms with van der Waals surface area (Å²) < 4.78 is 0. The van der Waals surface area contributed by atoms with Gasteiger partial charge in [0.2, 0.25) is 11.8 Å². The largest absolute Gasteiger partial charge is 0.355 e. The molecule has 1 N–H and O–H groups in total. The molecule has 2 aliphatic heterocycles. The summed E-state index contributed by atoms with van der Waals surface area (Å²) >= 11 is 0. The molecule has 2 saturated heterocycles. The summed E-state index contributed by atoms with van der Waals surface area (Å²) in [6.45, 7) is 10.8. The molecule has 25 heavy (non-hydrogen) atoms. The van der Waals surface area contributed by atoms with E-state index in [0.29, 0.717) is 19.6 Å². The van der Waals surface area contributed by atoms with Gasteiger partial charge in [-0.1, -0.05) is 20.8 Å². The zero-order valence-electron chi connectivity index (χ0n) is 15.4. The molecule has 0 unspecified atom stereocenters. The first-order chi connectivity index (χ1) is 11.9. The number of carbonyl (C=O) groups excluding carboxylic acids is 2. The predicted octanol–water partition coefficient (Wildman–Crippen LogP) is 1.13. The van der Waals surface area contributed by atoms with Crippen molar-refractivity contribution in [2.75, 3.05) is 32.7 Å². The van der Waals surface area contributed by atoms with E-state index in [9.17, 15) is 9.59 Å². The lowest BCUT2D eigenvalue weighted by Gasteiger charge is -2.37. The van der Waals surface area contributed by atoms with Crippen molar-refractivity contribution in [2.24, 2.45) is 17.3 Å². The van der Waals surface area contributed by atoms with Crippen LogP contribution in [0.1, 0.15) is 26.3 Å². The number of nitrogens with one attached hydrogen (secondary N) is 1. The van der Waals surface area contributed by atoms with Crippen LogP contribution in [0.5, 0.6) is 0 Å². The fourth-order valence-electron chi connectivity index (χ4n) is 3.78. The van der Waals surface area contributed by atoms with Gasteiger partial charge in [-0.15, -0.1) is 0 Å². The van der Waals surface area contributed by atoms with E-state index in [4.69, 9.17) is 0 Å². The van der Waals surface area contributed by atoms with E-state index < -0.39 is 5.92 Å². The monoisotopic (exact) mass is 344 g/mol. The molecule has 0 radical (unpaired) electrons. The van der Waals surface area contributed by atoms with Gasteiger partial charge < -0.3 is 10.2 Å². The molecule has 2 aliphatic rings. The summed E-state index contributed by atoms with van der Waals surface area (Å²) in [5.41, 5.74) is 1.17. The van der Waals surface area contributed by atoms with Crippen molar-refractivity contribution in [3.63, 3.8) is 0 Å². The van der Waals surface area contributed by atoms with Crippen LogP contribution in [0.4, 0.5) is 0 Å². The second-order valence-electron chi connectivity index (χ2n) is 8.15. The maximum absolute atomic E-state index is 13.0. The predicted molar refractivity (Wildman–Crippen MR) is 95.5 cm³/mol. The van der Waals surface area contributed by atoms with Crippen molar-refractivity contribution in [2.45, 2.75) is 27.3 Å². The fourth-order valence-corrected chi connectivity index (χ4v) is 3.78.